The molecular weight excluding hydrogens is 542 g/mol. The molecule has 9 nitrogen and oxygen atoms in total. The van der Waals surface area contributed by atoms with E-state index in [9.17, 15) is 24.6 Å². The highest BCUT2D eigenvalue weighted by Gasteiger charge is 2.67. The molecule has 0 bridgehead atoms. The van der Waals surface area contributed by atoms with Gasteiger partial charge >= 0.3 is 0 Å². The number of thioether (sulfide) groups is 1. The van der Waals surface area contributed by atoms with Gasteiger partial charge in [-0.2, -0.15) is 0 Å². The van der Waals surface area contributed by atoms with Crippen molar-refractivity contribution in [2.45, 2.75) is 68.6 Å². The number of aliphatic hydroxyl groups is 1. The summed E-state index contributed by atoms with van der Waals surface area (Å²) in [5.74, 6) is -0.102. The van der Waals surface area contributed by atoms with Crippen molar-refractivity contribution in [2.24, 2.45) is 0 Å². The van der Waals surface area contributed by atoms with E-state index >= 15 is 0 Å². The van der Waals surface area contributed by atoms with Gasteiger partial charge in [-0.1, -0.05) is 36.4 Å². The SMILES string of the molecule is Cc1c(O)cccc1C(=O)N[C@@H](Cc1ccccc1)[C@H](O)C(=O)N1CSC2(C)[C@H]1C(=O)N2[C@H]1CCCc2occc21. The first kappa shape index (κ1) is 27.4. The number of hydrogen-bond acceptors (Lipinski definition) is 7. The van der Waals surface area contributed by atoms with E-state index < -0.39 is 34.9 Å². The number of carbonyl (C=O) groups excluding carboxylic acids is 3. The molecule has 2 aliphatic heterocycles. The van der Waals surface area contributed by atoms with E-state index in [1.807, 2.05) is 48.2 Å². The monoisotopic (exact) mass is 575 g/mol. The second kappa shape index (κ2) is 10.6. The van der Waals surface area contributed by atoms with Crippen LogP contribution in [0.4, 0.5) is 0 Å². The largest absolute Gasteiger partial charge is 0.508 e. The molecule has 0 spiro atoms. The summed E-state index contributed by atoms with van der Waals surface area (Å²) >= 11 is 1.51. The van der Waals surface area contributed by atoms with E-state index in [2.05, 4.69) is 5.32 Å². The Morgan fingerprint density at radius 3 is 2.73 bits per heavy atom. The maximum absolute atomic E-state index is 13.8. The molecule has 2 aromatic carbocycles. The van der Waals surface area contributed by atoms with Gasteiger partial charge in [-0.3, -0.25) is 14.4 Å². The molecule has 3 heterocycles. The van der Waals surface area contributed by atoms with Crippen LogP contribution in [0.1, 0.15) is 58.6 Å². The van der Waals surface area contributed by atoms with Gasteiger partial charge in [-0.25, -0.2) is 0 Å². The van der Waals surface area contributed by atoms with Gasteiger partial charge in [0.05, 0.1) is 24.2 Å². The van der Waals surface area contributed by atoms with Gasteiger partial charge in [0.25, 0.3) is 11.8 Å². The summed E-state index contributed by atoms with van der Waals surface area (Å²) in [6.07, 6.45) is 2.88. The van der Waals surface area contributed by atoms with Crippen molar-refractivity contribution in [3.8, 4) is 5.75 Å². The minimum Gasteiger partial charge on any atom is -0.508 e. The van der Waals surface area contributed by atoms with Crippen LogP contribution in [-0.2, 0) is 22.4 Å². The highest BCUT2D eigenvalue weighted by Crippen LogP contribution is 2.55. The number of nitrogens with one attached hydrogen (secondary N) is 1. The molecule has 1 aliphatic carbocycles. The molecule has 3 aliphatic rings. The number of hydrogen-bond donors (Lipinski definition) is 3. The fraction of sp³-hybridized carbons (Fsp3) is 0.387. The number of carbonyl (C=O) groups is 3. The van der Waals surface area contributed by atoms with Crippen LogP contribution in [0.5, 0.6) is 5.75 Å². The zero-order valence-corrected chi connectivity index (χ0v) is 23.8. The van der Waals surface area contributed by atoms with Crippen molar-refractivity contribution in [2.75, 3.05) is 5.88 Å². The maximum atomic E-state index is 13.8. The number of benzene rings is 2. The second-order valence-corrected chi connectivity index (χ2v) is 12.5. The molecule has 3 aromatic rings. The number of phenolic OH excluding ortho intramolecular Hbond substituents is 1. The first-order chi connectivity index (χ1) is 19.7. The number of phenols is 1. The number of β-lactam (4-membered cyclic amide) rings is 1. The Bertz CT molecular complexity index is 1490. The Hall–Kier alpha value is -3.76. The molecule has 1 aromatic heterocycles. The predicted molar refractivity (Wildman–Crippen MR) is 153 cm³/mol. The molecular formula is C31H33N3O6S. The van der Waals surface area contributed by atoms with E-state index in [-0.39, 0.29) is 35.6 Å². The summed E-state index contributed by atoms with van der Waals surface area (Å²) in [5, 5.41) is 24.4. The van der Waals surface area contributed by atoms with Crippen LogP contribution in [0.2, 0.25) is 0 Å². The van der Waals surface area contributed by atoms with Gasteiger partial charge in [0.1, 0.15) is 22.4 Å². The highest BCUT2D eigenvalue weighted by atomic mass is 32.2. The van der Waals surface area contributed by atoms with Crippen LogP contribution in [-0.4, -0.2) is 66.7 Å². The molecule has 1 unspecified atom stereocenters. The van der Waals surface area contributed by atoms with E-state index in [1.165, 1.54) is 22.7 Å². The van der Waals surface area contributed by atoms with Gasteiger partial charge in [0.15, 0.2) is 6.10 Å². The fourth-order valence-corrected chi connectivity index (χ4v) is 7.86. The van der Waals surface area contributed by atoms with Crippen LogP contribution in [0.15, 0.2) is 65.3 Å². The number of rotatable bonds is 7. The Morgan fingerprint density at radius 1 is 1.17 bits per heavy atom. The van der Waals surface area contributed by atoms with Crippen LogP contribution >= 0.6 is 11.8 Å². The molecule has 0 saturated carbocycles. The topological polar surface area (TPSA) is 123 Å². The Kier molecular flexibility index (Phi) is 7.07. The minimum absolute atomic E-state index is 0.0178. The van der Waals surface area contributed by atoms with Gasteiger partial charge in [0.2, 0.25) is 5.91 Å². The third-order valence-corrected chi connectivity index (χ3v) is 10.1. The number of aryl methyl sites for hydroxylation is 1. The Labute approximate surface area is 242 Å². The van der Waals surface area contributed by atoms with E-state index in [4.69, 9.17) is 4.42 Å². The van der Waals surface area contributed by atoms with Crippen LogP contribution < -0.4 is 5.32 Å². The lowest BCUT2D eigenvalue weighted by Crippen LogP contribution is -2.74. The number of furan rings is 1. The Morgan fingerprint density at radius 2 is 1.95 bits per heavy atom. The normalized spacial score (nSPS) is 24.7. The second-order valence-electron chi connectivity index (χ2n) is 11.1. The zero-order valence-electron chi connectivity index (χ0n) is 22.9. The molecule has 10 heteroatoms. The fourth-order valence-electron chi connectivity index (χ4n) is 6.44. The summed E-state index contributed by atoms with van der Waals surface area (Å²) in [7, 11) is 0. The zero-order chi connectivity index (χ0) is 28.9. The number of aromatic hydroxyl groups is 1. The molecule has 41 heavy (non-hydrogen) atoms. The van der Waals surface area contributed by atoms with E-state index in [1.54, 1.807) is 25.3 Å². The first-order valence-corrected chi connectivity index (χ1v) is 14.8. The van der Waals surface area contributed by atoms with Crippen molar-refractivity contribution in [3.05, 3.63) is 88.9 Å². The lowest BCUT2D eigenvalue weighted by atomic mass is 9.84. The van der Waals surface area contributed by atoms with Gasteiger partial charge in [-0.15, -0.1) is 11.8 Å². The number of fused-ring (bicyclic) bond motifs is 2. The molecule has 2 fully saturated rings. The van der Waals surface area contributed by atoms with Crippen molar-refractivity contribution in [1.29, 1.82) is 0 Å². The lowest BCUT2D eigenvalue weighted by Gasteiger charge is -2.56. The van der Waals surface area contributed by atoms with Crippen molar-refractivity contribution in [3.63, 3.8) is 0 Å². The smallest absolute Gasteiger partial charge is 0.255 e. The van der Waals surface area contributed by atoms with Crippen molar-refractivity contribution >= 4 is 29.5 Å². The van der Waals surface area contributed by atoms with E-state index in [0.29, 0.717) is 5.56 Å². The molecule has 2 saturated heterocycles. The van der Waals surface area contributed by atoms with Gasteiger partial charge in [0, 0.05) is 23.1 Å². The lowest BCUT2D eigenvalue weighted by molar-refractivity contribution is -0.172. The van der Waals surface area contributed by atoms with Crippen molar-refractivity contribution in [1.82, 2.24) is 15.1 Å². The van der Waals surface area contributed by atoms with Crippen molar-refractivity contribution < 1.29 is 29.0 Å². The predicted octanol–water partition coefficient (Wildman–Crippen LogP) is 3.53. The van der Waals surface area contributed by atoms with E-state index in [0.717, 1.165) is 36.1 Å². The number of aliphatic hydroxyl groups excluding tert-OH is 1. The molecule has 3 N–H and O–H groups in total. The average Bonchev–Trinajstić information content (AvgIpc) is 3.57. The quantitative estimate of drug-likeness (QED) is 0.368. The summed E-state index contributed by atoms with van der Waals surface area (Å²) in [6.45, 7) is 3.61. The summed E-state index contributed by atoms with van der Waals surface area (Å²) in [4.78, 5) is 43.4. The number of likely N-dealkylation sites (tertiary alicyclic amines) is 1. The summed E-state index contributed by atoms with van der Waals surface area (Å²) in [5.41, 5.74) is 2.52. The van der Waals surface area contributed by atoms with Crippen LogP contribution in [0.25, 0.3) is 0 Å². The molecule has 214 valence electrons. The molecule has 6 rings (SSSR count). The van der Waals surface area contributed by atoms with Crippen LogP contribution in [0, 0.1) is 6.92 Å². The first-order valence-electron chi connectivity index (χ1n) is 13.9. The third kappa shape index (κ3) is 4.59. The third-order valence-electron chi connectivity index (χ3n) is 8.68. The summed E-state index contributed by atoms with van der Waals surface area (Å²) in [6, 6.07) is 14.1. The summed E-state index contributed by atoms with van der Waals surface area (Å²) < 4.78 is 5.64. The molecule has 5 atom stereocenters. The van der Waals surface area contributed by atoms with Gasteiger partial charge < -0.3 is 29.7 Å². The highest BCUT2D eigenvalue weighted by molar-refractivity contribution is 8.01. The molecule has 0 radical (unpaired) electrons. The average molecular weight is 576 g/mol. The Balaban J connectivity index is 1.23. The van der Waals surface area contributed by atoms with Crippen LogP contribution in [0.3, 0.4) is 0 Å². The maximum Gasteiger partial charge on any atom is 0.255 e. The number of nitrogens with zero attached hydrogens (tertiary/aromatic N) is 2. The molecule has 3 amide bonds. The standard InChI is InChI=1S/C31H33N3O6S/c1-18-20(10-6-12-24(18)35)28(37)32-22(16-19-8-4-3-5-9-19)26(36)29(38)33-17-41-31(2)27(33)30(39)34(31)23-11-7-13-25-21(23)14-15-40-25/h3-6,8-10,12,14-15,22-23,26-27,35-36H,7,11,13,16-17H2,1-2H3,(H,32,37)/t22-,23-,26-,27+,31?/m0/s1. The van der Waals surface area contributed by atoms with Gasteiger partial charge in [-0.05, 0) is 56.9 Å². The number of amides is 3. The minimum atomic E-state index is -1.59.